The molecule has 0 unspecified atom stereocenters. The van der Waals surface area contributed by atoms with E-state index in [2.05, 4.69) is 15.2 Å². The van der Waals surface area contributed by atoms with E-state index in [0.29, 0.717) is 0 Å². The first-order valence-electron chi connectivity index (χ1n) is 6.01. The largest absolute Gasteiger partial charge is 0.433 e. The Morgan fingerprint density at radius 3 is 2.83 bits per heavy atom. The number of ether oxygens (including phenoxy) is 1. The van der Waals surface area contributed by atoms with Crippen LogP contribution in [0, 0.1) is 10.1 Å². The second kappa shape index (κ2) is 6.57. The van der Waals surface area contributed by atoms with Gasteiger partial charge >= 0.3 is 12.3 Å². The molecule has 11 heteroatoms. The van der Waals surface area contributed by atoms with Gasteiger partial charge in [-0.1, -0.05) is 11.6 Å². The maximum atomic E-state index is 12.3. The monoisotopic (exact) mass is 346 g/mol. The van der Waals surface area contributed by atoms with E-state index in [-0.39, 0.29) is 22.2 Å². The fourth-order valence-corrected chi connectivity index (χ4v) is 1.94. The molecule has 0 aliphatic carbocycles. The SMILES string of the molecule is Cn1ncc([N+](=O)[O-])c1C(=O)Nc1ccc(Cl)c(OC(F)F)c1. The van der Waals surface area contributed by atoms with Gasteiger partial charge in [0.2, 0.25) is 5.69 Å². The number of alkyl halides is 2. The summed E-state index contributed by atoms with van der Waals surface area (Å²) in [6, 6.07) is 3.65. The van der Waals surface area contributed by atoms with E-state index >= 15 is 0 Å². The van der Waals surface area contributed by atoms with Crippen LogP contribution in [-0.2, 0) is 7.05 Å². The Balaban J connectivity index is 2.27. The number of rotatable bonds is 5. The lowest BCUT2D eigenvalue weighted by atomic mass is 10.2. The number of anilines is 1. The van der Waals surface area contributed by atoms with E-state index in [0.717, 1.165) is 16.9 Å². The Morgan fingerprint density at radius 1 is 1.52 bits per heavy atom. The molecule has 1 N–H and O–H groups in total. The first-order valence-corrected chi connectivity index (χ1v) is 6.39. The van der Waals surface area contributed by atoms with Crippen molar-refractivity contribution in [3.8, 4) is 5.75 Å². The summed E-state index contributed by atoms with van der Waals surface area (Å²) >= 11 is 5.69. The van der Waals surface area contributed by atoms with E-state index < -0.39 is 23.1 Å². The van der Waals surface area contributed by atoms with Crippen LogP contribution >= 0.6 is 11.6 Å². The van der Waals surface area contributed by atoms with Gasteiger partial charge in [0, 0.05) is 18.8 Å². The Bertz CT molecular complexity index is 766. The van der Waals surface area contributed by atoms with Gasteiger partial charge in [-0.2, -0.15) is 13.9 Å². The molecular weight excluding hydrogens is 338 g/mol. The predicted molar refractivity (Wildman–Crippen MR) is 75.9 cm³/mol. The summed E-state index contributed by atoms with van der Waals surface area (Å²) in [4.78, 5) is 22.3. The molecule has 0 bridgehead atoms. The highest BCUT2D eigenvalue weighted by molar-refractivity contribution is 6.32. The molecule has 0 aliphatic heterocycles. The minimum Gasteiger partial charge on any atom is -0.433 e. The lowest BCUT2D eigenvalue weighted by Gasteiger charge is -2.10. The van der Waals surface area contributed by atoms with E-state index in [1.807, 2.05) is 0 Å². The zero-order valence-corrected chi connectivity index (χ0v) is 12.3. The number of carbonyl (C=O) groups excluding carboxylic acids is 1. The van der Waals surface area contributed by atoms with Gasteiger partial charge in [-0.15, -0.1) is 0 Å². The number of aromatic nitrogens is 2. The number of carbonyl (C=O) groups is 1. The van der Waals surface area contributed by atoms with E-state index in [9.17, 15) is 23.7 Å². The van der Waals surface area contributed by atoms with Crippen LogP contribution < -0.4 is 10.1 Å². The van der Waals surface area contributed by atoms with Gasteiger partial charge in [-0.3, -0.25) is 19.6 Å². The molecule has 0 atom stereocenters. The highest BCUT2D eigenvalue weighted by Crippen LogP contribution is 2.29. The van der Waals surface area contributed by atoms with Crippen LogP contribution in [0.15, 0.2) is 24.4 Å². The third-order valence-corrected chi connectivity index (χ3v) is 3.05. The van der Waals surface area contributed by atoms with E-state index in [1.165, 1.54) is 19.2 Å². The molecule has 1 aromatic heterocycles. The van der Waals surface area contributed by atoms with Gasteiger partial charge < -0.3 is 10.1 Å². The van der Waals surface area contributed by atoms with Crippen LogP contribution in [0.1, 0.15) is 10.5 Å². The average Bonchev–Trinajstić information content (AvgIpc) is 2.84. The first kappa shape index (κ1) is 16.6. The van der Waals surface area contributed by atoms with Crippen LogP contribution in [0.5, 0.6) is 5.75 Å². The smallest absolute Gasteiger partial charge is 0.387 e. The van der Waals surface area contributed by atoms with Crippen molar-refractivity contribution in [1.29, 1.82) is 0 Å². The highest BCUT2D eigenvalue weighted by Gasteiger charge is 2.25. The van der Waals surface area contributed by atoms with Crippen molar-refractivity contribution in [2.45, 2.75) is 6.61 Å². The quantitative estimate of drug-likeness (QED) is 0.663. The topological polar surface area (TPSA) is 99.3 Å². The van der Waals surface area contributed by atoms with Crippen LogP contribution in [0.3, 0.4) is 0 Å². The van der Waals surface area contributed by atoms with Crippen molar-refractivity contribution in [3.05, 3.63) is 45.2 Å². The maximum absolute atomic E-state index is 12.3. The molecule has 23 heavy (non-hydrogen) atoms. The van der Waals surface area contributed by atoms with Gasteiger partial charge in [-0.05, 0) is 12.1 Å². The number of hydrogen-bond acceptors (Lipinski definition) is 5. The van der Waals surface area contributed by atoms with Gasteiger partial charge in [0.25, 0.3) is 5.91 Å². The second-order valence-corrected chi connectivity index (χ2v) is 4.64. The summed E-state index contributed by atoms with van der Waals surface area (Å²) in [6.45, 7) is -3.09. The fourth-order valence-electron chi connectivity index (χ4n) is 1.78. The molecule has 122 valence electrons. The van der Waals surface area contributed by atoms with Gasteiger partial charge in [0.15, 0.2) is 0 Å². The number of aryl methyl sites for hydroxylation is 1. The van der Waals surface area contributed by atoms with Crippen molar-refractivity contribution in [2.24, 2.45) is 7.05 Å². The van der Waals surface area contributed by atoms with Crippen molar-refractivity contribution in [1.82, 2.24) is 9.78 Å². The predicted octanol–water partition coefficient (Wildman–Crippen LogP) is 2.84. The number of halogens is 3. The number of nitrogens with one attached hydrogen (secondary N) is 1. The first-order chi connectivity index (χ1) is 10.8. The van der Waals surface area contributed by atoms with Crippen molar-refractivity contribution < 1.29 is 23.2 Å². The minimum atomic E-state index is -3.09. The van der Waals surface area contributed by atoms with Crippen molar-refractivity contribution >= 4 is 28.9 Å². The molecule has 0 radical (unpaired) electrons. The molecule has 0 aliphatic rings. The molecular formula is C12H9ClF2N4O4. The molecule has 2 aromatic rings. The summed E-state index contributed by atoms with van der Waals surface area (Å²) in [5.74, 6) is -1.17. The summed E-state index contributed by atoms with van der Waals surface area (Å²) in [5, 5.41) is 16.8. The Hall–Kier alpha value is -2.75. The molecule has 8 nitrogen and oxygen atoms in total. The molecule has 0 saturated carbocycles. The van der Waals surface area contributed by atoms with Crippen LogP contribution in [-0.4, -0.2) is 27.2 Å². The number of hydrogen-bond donors (Lipinski definition) is 1. The van der Waals surface area contributed by atoms with Crippen molar-refractivity contribution in [2.75, 3.05) is 5.32 Å². The Morgan fingerprint density at radius 2 is 2.22 bits per heavy atom. The average molecular weight is 347 g/mol. The Labute approximate surface area is 132 Å². The molecule has 2 rings (SSSR count). The van der Waals surface area contributed by atoms with Crippen LogP contribution in [0.25, 0.3) is 0 Å². The number of nitrogens with zero attached hydrogens (tertiary/aromatic N) is 3. The molecule has 0 saturated heterocycles. The minimum absolute atomic E-state index is 0.0742. The molecule has 0 spiro atoms. The third kappa shape index (κ3) is 3.72. The van der Waals surface area contributed by atoms with Gasteiger partial charge in [0.1, 0.15) is 11.9 Å². The summed E-state index contributed by atoms with van der Waals surface area (Å²) < 4.78 is 29.7. The summed E-state index contributed by atoms with van der Waals surface area (Å²) in [6.07, 6.45) is 0.933. The summed E-state index contributed by atoms with van der Waals surface area (Å²) in [5.41, 5.74) is -0.699. The van der Waals surface area contributed by atoms with Gasteiger partial charge in [0.05, 0.1) is 9.95 Å². The molecule has 0 fully saturated rings. The number of benzene rings is 1. The van der Waals surface area contributed by atoms with Gasteiger partial charge in [-0.25, -0.2) is 0 Å². The van der Waals surface area contributed by atoms with Crippen molar-refractivity contribution in [3.63, 3.8) is 0 Å². The molecule has 1 aromatic carbocycles. The normalized spacial score (nSPS) is 10.7. The number of amides is 1. The molecule has 1 amide bonds. The standard InChI is InChI=1S/C12H9ClF2N4O4/c1-18-10(8(5-16-18)19(21)22)11(20)17-6-2-3-7(13)9(4-6)23-12(14)15/h2-5,12H,1H3,(H,17,20). The summed E-state index contributed by atoms with van der Waals surface area (Å²) in [7, 11) is 1.36. The Kier molecular flexibility index (Phi) is 4.74. The van der Waals surface area contributed by atoms with Crippen LogP contribution in [0.2, 0.25) is 5.02 Å². The van der Waals surface area contributed by atoms with E-state index in [1.54, 1.807) is 0 Å². The molecule has 1 heterocycles. The maximum Gasteiger partial charge on any atom is 0.387 e. The lowest BCUT2D eigenvalue weighted by Crippen LogP contribution is -2.17. The lowest BCUT2D eigenvalue weighted by molar-refractivity contribution is -0.385. The van der Waals surface area contributed by atoms with E-state index in [4.69, 9.17) is 11.6 Å². The second-order valence-electron chi connectivity index (χ2n) is 4.24. The number of nitro groups is 1. The fraction of sp³-hybridized carbons (Fsp3) is 0.167. The highest BCUT2D eigenvalue weighted by atomic mass is 35.5. The van der Waals surface area contributed by atoms with Crippen LogP contribution in [0.4, 0.5) is 20.2 Å². The zero-order chi connectivity index (χ0) is 17.1. The zero-order valence-electron chi connectivity index (χ0n) is 11.5. The third-order valence-electron chi connectivity index (χ3n) is 2.74.